The number of fused-ring (bicyclic) bond motifs is 1. The molecule has 1 aromatic heterocycles. The molecule has 3 heteroatoms. The normalized spacial score (nSPS) is 10.9. The van der Waals surface area contributed by atoms with Gasteiger partial charge in [0.1, 0.15) is 4.60 Å². The fraction of sp³-hybridized carbons (Fsp3) is 0.0714. The molecule has 2 aromatic carbocycles. The van der Waals surface area contributed by atoms with Gasteiger partial charge in [0.05, 0.1) is 12.1 Å². The lowest BCUT2D eigenvalue weighted by atomic mass is 10.2. The fourth-order valence-electron chi connectivity index (χ4n) is 1.96. The predicted molar refractivity (Wildman–Crippen MR) is 73.0 cm³/mol. The molecule has 0 aliphatic carbocycles. The lowest BCUT2D eigenvalue weighted by Crippen LogP contribution is -2.00. The number of halogens is 1. The lowest BCUT2D eigenvalue weighted by Gasteiger charge is -2.03. The third-order valence-corrected chi connectivity index (χ3v) is 3.37. The zero-order valence-corrected chi connectivity index (χ0v) is 10.8. The molecule has 2 nitrogen and oxygen atoms in total. The Labute approximate surface area is 108 Å². The second-order valence-corrected chi connectivity index (χ2v) is 4.70. The standard InChI is InChI=1S/C14H11BrN2/c15-14-12-8-4-5-9-13(12)17(16-14)10-11-6-2-1-3-7-11/h1-9H,10H2. The topological polar surface area (TPSA) is 17.8 Å². The number of aromatic nitrogens is 2. The van der Waals surface area contributed by atoms with Crippen LogP contribution in [0, 0.1) is 0 Å². The van der Waals surface area contributed by atoms with Gasteiger partial charge in [-0.05, 0) is 27.6 Å². The van der Waals surface area contributed by atoms with Crippen LogP contribution in [-0.2, 0) is 6.54 Å². The largest absolute Gasteiger partial charge is 0.259 e. The van der Waals surface area contributed by atoms with Gasteiger partial charge in [0, 0.05) is 5.39 Å². The van der Waals surface area contributed by atoms with Gasteiger partial charge in [0.25, 0.3) is 0 Å². The molecule has 84 valence electrons. The smallest absolute Gasteiger partial charge is 0.136 e. The number of benzene rings is 2. The molecule has 0 saturated heterocycles. The zero-order valence-electron chi connectivity index (χ0n) is 9.18. The molecular formula is C14H11BrN2. The Morgan fingerprint density at radius 3 is 2.47 bits per heavy atom. The van der Waals surface area contributed by atoms with Crippen molar-refractivity contribution in [2.75, 3.05) is 0 Å². The monoisotopic (exact) mass is 286 g/mol. The van der Waals surface area contributed by atoms with Gasteiger partial charge in [-0.3, -0.25) is 4.68 Å². The lowest BCUT2D eigenvalue weighted by molar-refractivity contribution is 0.706. The van der Waals surface area contributed by atoms with E-state index in [1.165, 1.54) is 5.56 Å². The average Bonchev–Trinajstić information content (AvgIpc) is 2.69. The Morgan fingerprint density at radius 1 is 0.941 bits per heavy atom. The summed E-state index contributed by atoms with van der Waals surface area (Å²) in [7, 11) is 0. The van der Waals surface area contributed by atoms with Crippen LogP contribution in [-0.4, -0.2) is 9.78 Å². The Kier molecular flexibility index (Phi) is 2.69. The van der Waals surface area contributed by atoms with Crippen molar-refractivity contribution in [1.82, 2.24) is 9.78 Å². The predicted octanol–water partition coefficient (Wildman–Crippen LogP) is 3.85. The second-order valence-electron chi connectivity index (χ2n) is 3.95. The average molecular weight is 287 g/mol. The molecular weight excluding hydrogens is 276 g/mol. The van der Waals surface area contributed by atoms with E-state index in [0.29, 0.717) is 0 Å². The van der Waals surface area contributed by atoms with E-state index >= 15 is 0 Å². The van der Waals surface area contributed by atoms with Crippen LogP contribution in [0.15, 0.2) is 59.2 Å². The number of nitrogens with zero attached hydrogens (tertiary/aromatic N) is 2. The SMILES string of the molecule is Brc1nn(Cc2ccccc2)c2ccccc12. The van der Waals surface area contributed by atoms with Crippen molar-refractivity contribution in [1.29, 1.82) is 0 Å². The van der Waals surface area contributed by atoms with Crippen LogP contribution in [0.25, 0.3) is 10.9 Å². The van der Waals surface area contributed by atoms with Crippen LogP contribution < -0.4 is 0 Å². The summed E-state index contributed by atoms with van der Waals surface area (Å²) < 4.78 is 2.93. The third-order valence-electron chi connectivity index (χ3n) is 2.79. The first-order valence-corrected chi connectivity index (χ1v) is 6.29. The van der Waals surface area contributed by atoms with E-state index in [0.717, 1.165) is 22.1 Å². The first kappa shape index (κ1) is 10.5. The summed E-state index contributed by atoms with van der Waals surface area (Å²) in [5.41, 5.74) is 2.41. The highest BCUT2D eigenvalue weighted by Crippen LogP contribution is 2.23. The summed E-state index contributed by atoms with van der Waals surface area (Å²) in [4.78, 5) is 0. The maximum absolute atomic E-state index is 4.52. The van der Waals surface area contributed by atoms with Crippen molar-refractivity contribution in [3.63, 3.8) is 0 Å². The van der Waals surface area contributed by atoms with Crippen molar-refractivity contribution in [2.24, 2.45) is 0 Å². The summed E-state index contributed by atoms with van der Waals surface area (Å²) >= 11 is 3.50. The third kappa shape index (κ3) is 1.98. The Hall–Kier alpha value is -1.61. The number of rotatable bonds is 2. The van der Waals surface area contributed by atoms with Crippen LogP contribution in [0.1, 0.15) is 5.56 Å². The first-order valence-electron chi connectivity index (χ1n) is 5.49. The molecule has 0 aliphatic heterocycles. The Balaban J connectivity index is 2.07. The van der Waals surface area contributed by atoms with E-state index in [1.807, 2.05) is 22.9 Å². The van der Waals surface area contributed by atoms with Crippen molar-refractivity contribution < 1.29 is 0 Å². The van der Waals surface area contributed by atoms with E-state index < -0.39 is 0 Å². The summed E-state index contributed by atoms with van der Waals surface area (Å²) in [6.07, 6.45) is 0. The van der Waals surface area contributed by atoms with Gasteiger partial charge in [-0.25, -0.2) is 0 Å². The van der Waals surface area contributed by atoms with Gasteiger partial charge in [-0.2, -0.15) is 5.10 Å². The molecule has 0 radical (unpaired) electrons. The van der Waals surface area contributed by atoms with E-state index in [4.69, 9.17) is 0 Å². The minimum Gasteiger partial charge on any atom is -0.259 e. The van der Waals surface area contributed by atoms with Crippen LogP contribution >= 0.6 is 15.9 Å². The van der Waals surface area contributed by atoms with Gasteiger partial charge in [0.2, 0.25) is 0 Å². The second kappa shape index (κ2) is 4.34. The molecule has 0 N–H and O–H groups in total. The molecule has 3 rings (SSSR count). The van der Waals surface area contributed by atoms with Gasteiger partial charge in [0.15, 0.2) is 0 Å². The van der Waals surface area contributed by atoms with Crippen molar-refractivity contribution in [2.45, 2.75) is 6.54 Å². The highest BCUT2D eigenvalue weighted by atomic mass is 79.9. The number of hydrogen-bond donors (Lipinski definition) is 0. The summed E-state index contributed by atoms with van der Waals surface area (Å²) in [6.45, 7) is 0.799. The molecule has 3 aromatic rings. The molecule has 0 atom stereocenters. The quantitative estimate of drug-likeness (QED) is 0.700. The molecule has 0 fully saturated rings. The summed E-state index contributed by atoms with van der Waals surface area (Å²) in [5, 5.41) is 5.67. The molecule has 0 amide bonds. The van der Waals surface area contributed by atoms with Crippen LogP contribution in [0.2, 0.25) is 0 Å². The minimum atomic E-state index is 0.799. The van der Waals surface area contributed by atoms with E-state index in [1.54, 1.807) is 0 Å². The maximum Gasteiger partial charge on any atom is 0.136 e. The molecule has 17 heavy (non-hydrogen) atoms. The highest BCUT2D eigenvalue weighted by molar-refractivity contribution is 9.10. The van der Waals surface area contributed by atoms with E-state index in [9.17, 15) is 0 Å². The van der Waals surface area contributed by atoms with Crippen molar-refractivity contribution >= 4 is 26.8 Å². The fourth-order valence-corrected chi connectivity index (χ4v) is 2.49. The molecule has 0 unspecified atom stereocenters. The van der Waals surface area contributed by atoms with Crippen molar-refractivity contribution in [3.8, 4) is 0 Å². The van der Waals surface area contributed by atoms with Gasteiger partial charge >= 0.3 is 0 Å². The van der Waals surface area contributed by atoms with Crippen LogP contribution in [0.4, 0.5) is 0 Å². The van der Waals surface area contributed by atoms with E-state index in [2.05, 4.69) is 57.4 Å². The number of hydrogen-bond acceptors (Lipinski definition) is 1. The molecule has 0 aliphatic rings. The Morgan fingerprint density at radius 2 is 1.65 bits per heavy atom. The highest BCUT2D eigenvalue weighted by Gasteiger charge is 2.07. The van der Waals surface area contributed by atoms with Gasteiger partial charge in [-0.15, -0.1) is 0 Å². The van der Waals surface area contributed by atoms with Gasteiger partial charge < -0.3 is 0 Å². The zero-order chi connectivity index (χ0) is 11.7. The maximum atomic E-state index is 4.52. The number of para-hydroxylation sites is 1. The summed E-state index contributed by atoms with van der Waals surface area (Å²) in [5.74, 6) is 0. The minimum absolute atomic E-state index is 0.799. The Bertz CT molecular complexity index is 644. The first-order chi connectivity index (χ1) is 8.34. The molecule has 1 heterocycles. The van der Waals surface area contributed by atoms with Crippen molar-refractivity contribution in [3.05, 3.63) is 64.8 Å². The molecule has 0 spiro atoms. The van der Waals surface area contributed by atoms with Gasteiger partial charge in [-0.1, -0.05) is 48.5 Å². The van der Waals surface area contributed by atoms with Crippen LogP contribution in [0.5, 0.6) is 0 Å². The summed E-state index contributed by atoms with van der Waals surface area (Å²) in [6, 6.07) is 18.6. The van der Waals surface area contributed by atoms with Crippen LogP contribution in [0.3, 0.4) is 0 Å². The van der Waals surface area contributed by atoms with E-state index in [-0.39, 0.29) is 0 Å². The molecule has 0 bridgehead atoms. The molecule has 0 saturated carbocycles.